The van der Waals surface area contributed by atoms with Gasteiger partial charge in [0.2, 0.25) is 0 Å². The van der Waals surface area contributed by atoms with Crippen molar-refractivity contribution in [3.8, 4) is 0 Å². The Morgan fingerprint density at radius 3 is 2.35 bits per heavy atom. The van der Waals surface area contributed by atoms with Crippen molar-refractivity contribution in [2.24, 2.45) is 0 Å². The van der Waals surface area contributed by atoms with E-state index in [1.54, 1.807) is 11.3 Å². The fourth-order valence-electron chi connectivity index (χ4n) is 2.24. The van der Waals surface area contributed by atoms with E-state index in [1.165, 1.54) is 11.3 Å². The van der Waals surface area contributed by atoms with Gasteiger partial charge in [-0.25, -0.2) is 0 Å². The lowest BCUT2D eigenvalue weighted by molar-refractivity contribution is 0.865. The summed E-state index contributed by atoms with van der Waals surface area (Å²) < 4.78 is 0.838. The van der Waals surface area contributed by atoms with E-state index < -0.39 is 0 Å². The van der Waals surface area contributed by atoms with Crippen LogP contribution in [0, 0.1) is 0 Å². The monoisotopic (exact) mass is 308 g/mol. The third kappa shape index (κ3) is 3.68. The van der Waals surface area contributed by atoms with E-state index in [1.807, 2.05) is 6.07 Å². The molecule has 4 heteroatoms. The molecule has 0 aliphatic heterocycles. The highest BCUT2D eigenvalue weighted by Crippen LogP contribution is 2.27. The summed E-state index contributed by atoms with van der Waals surface area (Å²) in [6.45, 7) is 8.58. The Hall–Kier alpha value is -1.19. The molecule has 2 rings (SSSR count). The van der Waals surface area contributed by atoms with Gasteiger partial charge in [-0.15, -0.1) is 11.3 Å². The highest BCUT2D eigenvalue weighted by Gasteiger charge is 2.08. The molecule has 1 N–H and O–H groups in total. The van der Waals surface area contributed by atoms with Gasteiger partial charge in [0, 0.05) is 30.5 Å². The Bertz CT molecular complexity index is 532. The number of nitrogens with zero attached hydrogens (tertiary/aromatic N) is 1. The summed E-state index contributed by atoms with van der Waals surface area (Å²) in [7, 11) is 0. The maximum Gasteiger partial charge on any atom is 0.0931 e. The van der Waals surface area contributed by atoms with Crippen LogP contribution in [0.2, 0.25) is 4.34 Å². The topological polar surface area (TPSA) is 15.3 Å². The van der Waals surface area contributed by atoms with E-state index >= 15 is 0 Å². The largest absolute Gasteiger partial charge is 0.378 e. The van der Waals surface area contributed by atoms with E-state index in [4.69, 9.17) is 11.6 Å². The molecule has 20 heavy (non-hydrogen) atoms. The minimum atomic E-state index is 0.262. The minimum absolute atomic E-state index is 0.262. The van der Waals surface area contributed by atoms with Crippen molar-refractivity contribution in [1.29, 1.82) is 0 Å². The normalized spacial score (nSPS) is 12.2. The van der Waals surface area contributed by atoms with Crippen LogP contribution in [0.1, 0.15) is 32.4 Å². The SMILES string of the molecule is CCN(CC)c1ccc(NC(C)c2csc(Cl)c2)cc1. The number of hydrogen-bond donors (Lipinski definition) is 1. The van der Waals surface area contributed by atoms with Gasteiger partial charge >= 0.3 is 0 Å². The van der Waals surface area contributed by atoms with E-state index in [9.17, 15) is 0 Å². The predicted octanol–water partition coefficient (Wildman–Crippen LogP) is 5.42. The highest BCUT2D eigenvalue weighted by molar-refractivity contribution is 7.14. The maximum atomic E-state index is 5.98. The minimum Gasteiger partial charge on any atom is -0.378 e. The molecule has 0 spiro atoms. The first-order chi connectivity index (χ1) is 9.63. The summed E-state index contributed by atoms with van der Waals surface area (Å²) in [5.74, 6) is 0. The van der Waals surface area contributed by atoms with Gasteiger partial charge in [0.15, 0.2) is 0 Å². The number of rotatable bonds is 6. The third-order valence-corrected chi connectivity index (χ3v) is 4.58. The van der Waals surface area contributed by atoms with Gasteiger partial charge in [-0.3, -0.25) is 0 Å². The first kappa shape index (κ1) is 15.2. The average molecular weight is 309 g/mol. The number of hydrogen-bond acceptors (Lipinski definition) is 3. The quantitative estimate of drug-likeness (QED) is 0.766. The fraction of sp³-hybridized carbons (Fsp3) is 0.375. The third-order valence-electron chi connectivity index (χ3n) is 3.47. The van der Waals surface area contributed by atoms with Crippen LogP contribution in [0.15, 0.2) is 35.7 Å². The molecule has 2 nitrogen and oxygen atoms in total. The number of thiophene rings is 1. The van der Waals surface area contributed by atoms with Crippen molar-refractivity contribution in [2.45, 2.75) is 26.8 Å². The second-order valence-corrected chi connectivity index (χ2v) is 6.31. The summed E-state index contributed by atoms with van der Waals surface area (Å²) in [5, 5.41) is 5.60. The molecule has 1 aromatic heterocycles. The van der Waals surface area contributed by atoms with Crippen LogP contribution in [0.5, 0.6) is 0 Å². The van der Waals surface area contributed by atoms with Crippen LogP contribution < -0.4 is 10.2 Å². The van der Waals surface area contributed by atoms with Crippen molar-refractivity contribution >= 4 is 34.3 Å². The first-order valence-corrected chi connectivity index (χ1v) is 8.25. The van der Waals surface area contributed by atoms with Gasteiger partial charge in [-0.05, 0) is 62.0 Å². The van der Waals surface area contributed by atoms with Gasteiger partial charge in [0.1, 0.15) is 0 Å². The van der Waals surface area contributed by atoms with Crippen molar-refractivity contribution in [1.82, 2.24) is 0 Å². The zero-order valence-corrected chi connectivity index (χ0v) is 13.8. The first-order valence-electron chi connectivity index (χ1n) is 6.99. The van der Waals surface area contributed by atoms with E-state index in [-0.39, 0.29) is 6.04 Å². The van der Waals surface area contributed by atoms with Gasteiger partial charge in [0.05, 0.1) is 4.34 Å². The van der Waals surface area contributed by atoms with Gasteiger partial charge in [-0.2, -0.15) is 0 Å². The van der Waals surface area contributed by atoms with Crippen molar-refractivity contribution in [3.63, 3.8) is 0 Å². The van der Waals surface area contributed by atoms with Crippen LogP contribution >= 0.6 is 22.9 Å². The lowest BCUT2D eigenvalue weighted by atomic mass is 10.1. The molecule has 1 atom stereocenters. The van der Waals surface area contributed by atoms with Crippen molar-refractivity contribution in [2.75, 3.05) is 23.3 Å². The second-order valence-electron chi connectivity index (χ2n) is 4.77. The molecule has 1 aromatic carbocycles. The van der Waals surface area contributed by atoms with Crippen LogP contribution in [-0.2, 0) is 0 Å². The lowest BCUT2D eigenvalue weighted by Crippen LogP contribution is -2.21. The predicted molar refractivity (Wildman–Crippen MR) is 91.4 cm³/mol. The Labute approximate surface area is 130 Å². The molecule has 0 amide bonds. The molecule has 1 heterocycles. The molecule has 0 saturated heterocycles. The van der Waals surface area contributed by atoms with Gasteiger partial charge in [-0.1, -0.05) is 11.6 Å². The molecular weight excluding hydrogens is 288 g/mol. The zero-order chi connectivity index (χ0) is 14.5. The van der Waals surface area contributed by atoms with Crippen molar-refractivity contribution < 1.29 is 0 Å². The zero-order valence-electron chi connectivity index (χ0n) is 12.2. The summed E-state index contributed by atoms with van der Waals surface area (Å²) in [6.07, 6.45) is 0. The van der Waals surface area contributed by atoms with Crippen molar-refractivity contribution in [3.05, 3.63) is 45.6 Å². The van der Waals surface area contributed by atoms with Crippen LogP contribution in [-0.4, -0.2) is 13.1 Å². The number of anilines is 2. The van der Waals surface area contributed by atoms with E-state index in [2.05, 4.69) is 60.6 Å². The second kappa shape index (κ2) is 7.00. The van der Waals surface area contributed by atoms with Crippen LogP contribution in [0.3, 0.4) is 0 Å². The van der Waals surface area contributed by atoms with Crippen LogP contribution in [0.4, 0.5) is 11.4 Å². The van der Waals surface area contributed by atoms with E-state index in [0.717, 1.165) is 23.1 Å². The average Bonchev–Trinajstić information content (AvgIpc) is 2.89. The standard InChI is InChI=1S/C16H21ClN2S/c1-4-19(5-2)15-8-6-14(7-9-15)18-12(3)13-10-16(17)20-11-13/h6-12,18H,4-5H2,1-3H3. The van der Waals surface area contributed by atoms with E-state index in [0.29, 0.717) is 0 Å². The molecule has 0 aliphatic rings. The Morgan fingerprint density at radius 1 is 1.20 bits per heavy atom. The summed E-state index contributed by atoms with van der Waals surface area (Å²) in [4.78, 5) is 2.34. The highest BCUT2D eigenvalue weighted by atomic mass is 35.5. The Balaban J connectivity index is 2.03. The van der Waals surface area contributed by atoms with Crippen LogP contribution in [0.25, 0.3) is 0 Å². The fourth-order valence-corrected chi connectivity index (χ4v) is 3.23. The number of halogens is 1. The Kier molecular flexibility index (Phi) is 5.32. The molecule has 2 aromatic rings. The van der Waals surface area contributed by atoms with Gasteiger partial charge < -0.3 is 10.2 Å². The molecule has 0 bridgehead atoms. The Morgan fingerprint density at radius 2 is 1.85 bits per heavy atom. The molecule has 0 aliphatic carbocycles. The molecule has 0 radical (unpaired) electrons. The molecular formula is C16H21ClN2S. The number of nitrogens with one attached hydrogen (secondary N) is 1. The molecule has 0 fully saturated rings. The summed E-state index contributed by atoms with van der Waals surface area (Å²) in [5.41, 5.74) is 3.63. The summed E-state index contributed by atoms with van der Waals surface area (Å²) in [6, 6.07) is 10.9. The summed E-state index contributed by atoms with van der Waals surface area (Å²) >= 11 is 7.55. The number of benzene rings is 1. The smallest absolute Gasteiger partial charge is 0.0931 e. The molecule has 108 valence electrons. The lowest BCUT2D eigenvalue weighted by Gasteiger charge is -2.21. The van der Waals surface area contributed by atoms with Gasteiger partial charge in [0.25, 0.3) is 0 Å². The maximum absolute atomic E-state index is 5.98. The molecule has 0 saturated carbocycles. The molecule has 1 unspecified atom stereocenters.